The van der Waals surface area contributed by atoms with Crippen molar-refractivity contribution in [2.24, 2.45) is 0 Å². The highest BCUT2D eigenvalue weighted by molar-refractivity contribution is 5.93. The molecule has 3 rings (SSSR count). The lowest BCUT2D eigenvalue weighted by atomic mass is 10.2. The Labute approximate surface area is 142 Å². The van der Waals surface area contributed by atoms with Crippen LogP contribution in [-0.2, 0) is 6.61 Å². The van der Waals surface area contributed by atoms with Gasteiger partial charge in [0.1, 0.15) is 5.75 Å². The summed E-state index contributed by atoms with van der Waals surface area (Å²) in [5.74, 6) is 0.732. The predicted octanol–water partition coefficient (Wildman–Crippen LogP) is 2.50. The molecular formula is C16H16N4O5. The molecule has 0 saturated heterocycles. The standard InChI is InChI=1S/C16H16N4O5/c21-10-11-2-4-12(5-3-11)24-9-1-8-17-13-6-7-14(20(22)23)16-15(13)18-25-19-16/h2-7,17,21H,1,8-10H2. The van der Waals surface area contributed by atoms with Crippen molar-refractivity contribution in [3.05, 3.63) is 52.1 Å². The molecule has 1 aromatic heterocycles. The van der Waals surface area contributed by atoms with Gasteiger partial charge in [-0.1, -0.05) is 12.1 Å². The Morgan fingerprint density at radius 3 is 2.64 bits per heavy atom. The van der Waals surface area contributed by atoms with Gasteiger partial charge >= 0.3 is 5.69 Å². The number of hydrogen-bond acceptors (Lipinski definition) is 8. The number of nitrogens with one attached hydrogen (secondary N) is 1. The second-order valence-corrected chi connectivity index (χ2v) is 5.28. The van der Waals surface area contributed by atoms with Crippen LogP contribution in [0.1, 0.15) is 12.0 Å². The molecule has 1 heterocycles. The van der Waals surface area contributed by atoms with E-state index in [4.69, 9.17) is 9.84 Å². The number of benzene rings is 2. The maximum Gasteiger partial charge on any atom is 0.300 e. The molecule has 25 heavy (non-hydrogen) atoms. The number of aliphatic hydroxyl groups excluding tert-OH is 1. The van der Waals surface area contributed by atoms with Crippen LogP contribution in [0.25, 0.3) is 11.0 Å². The summed E-state index contributed by atoms with van der Waals surface area (Å²) < 4.78 is 10.2. The Morgan fingerprint density at radius 2 is 1.92 bits per heavy atom. The van der Waals surface area contributed by atoms with Gasteiger partial charge in [0.25, 0.3) is 0 Å². The summed E-state index contributed by atoms with van der Waals surface area (Å²) in [6.07, 6.45) is 0.714. The fourth-order valence-corrected chi connectivity index (χ4v) is 2.32. The number of rotatable bonds is 8. The van der Waals surface area contributed by atoms with Crippen LogP contribution in [0.3, 0.4) is 0 Å². The molecule has 0 amide bonds. The van der Waals surface area contributed by atoms with E-state index in [0.717, 1.165) is 11.3 Å². The summed E-state index contributed by atoms with van der Waals surface area (Å²) in [5.41, 5.74) is 1.76. The van der Waals surface area contributed by atoms with Gasteiger partial charge in [-0.2, -0.15) is 0 Å². The third-order valence-corrected chi connectivity index (χ3v) is 3.60. The fourth-order valence-electron chi connectivity index (χ4n) is 2.32. The molecule has 0 radical (unpaired) electrons. The predicted molar refractivity (Wildman–Crippen MR) is 89.4 cm³/mol. The molecule has 0 fully saturated rings. The molecule has 0 aliphatic heterocycles. The molecule has 0 atom stereocenters. The second-order valence-electron chi connectivity index (χ2n) is 5.28. The normalized spacial score (nSPS) is 10.8. The van der Waals surface area contributed by atoms with Crippen molar-refractivity contribution < 1.29 is 19.4 Å². The summed E-state index contributed by atoms with van der Waals surface area (Å²) in [4.78, 5) is 10.4. The molecule has 9 heteroatoms. The van der Waals surface area contributed by atoms with Gasteiger partial charge in [-0.25, -0.2) is 4.63 Å². The highest BCUT2D eigenvalue weighted by Crippen LogP contribution is 2.28. The van der Waals surface area contributed by atoms with Crippen LogP contribution in [0, 0.1) is 10.1 Å². The number of aliphatic hydroxyl groups is 1. The Hall–Kier alpha value is -3.20. The van der Waals surface area contributed by atoms with Crippen LogP contribution in [0.4, 0.5) is 11.4 Å². The van der Waals surface area contributed by atoms with E-state index < -0.39 is 4.92 Å². The number of aromatic nitrogens is 2. The number of ether oxygens (including phenoxy) is 1. The van der Waals surface area contributed by atoms with Crippen molar-refractivity contribution in [2.75, 3.05) is 18.5 Å². The first kappa shape index (κ1) is 16.7. The minimum atomic E-state index is -0.522. The summed E-state index contributed by atoms with van der Waals surface area (Å²) in [7, 11) is 0. The van der Waals surface area contributed by atoms with E-state index in [-0.39, 0.29) is 17.8 Å². The van der Waals surface area contributed by atoms with E-state index in [1.54, 1.807) is 30.3 Å². The van der Waals surface area contributed by atoms with Crippen LogP contribution in [0.15, 0.2) is 41.0 Å². The molecular weight excluding hydrogens is 328 g/mol. The minimum absolute atomic E-state index is 0.00477. The van der Waals surface area contributed by atoms with Crippen LogP contribution in [0.2, 0.25) is 0 Å². The third kappa shape index (κ3) is 3.83. The van der Waals surface area contributed by atoms with Gasteiger partial charge in [0.15, 0.2) is 5.52 Å². The summed E-state index contributed by atoms with van der Waals surface area (Å²) in [6.45, 7) is 1.10. The van der Waals surface area contributed by atoms with E-state index in [2.05, 4.69) is 20.3 Å². The SMILES string of the molecule is O=[N+]([O-])c1ccc(NCCCOc2ccc(CO)cc2)c2nonc12. The summed E-state index contributed by atoms with van der Waals surface area (Å²) in [5, 5.41) is 30.4. The zero-order chi connectivity index (χ0) is 17.6. The van der Waals surface area contributed by atoms with Gasteiger partial charge in [0.2, 0.25) is 5.52 Å². The van der Waals surface area contributed by atoms with Gasteiger partial charge in [0.05, 0.1) is 23.8 Å². The Bertz CT molecular complexity index is 863. The van der Waals surface area contributed by atoms with E-state index in [1.165, 1.54) is 6.07 Å². The van der Waals surface area contributed by atoms with Crippen LogP contribution < -0.4 is 10.1 Å². The first-order chi connectivity index (χ1) is 12.2. The number of nitro groups is 1. The smallest absolute Gasteiger partial charge is 0.300 e. The molecule has 0 unspecified atom stereocenters. The molecule has 9 nitrogen and oxygen atoms in total. The zero-order valence-corrected chi connectivity index (χ0v) is 13.2. The van der Waals surface area contributed by atoms with Gasteiger partial charge < -0.3 is 15.2 Å². The molecule has 2 N–H and O–H groups in total. The number of nitrogens with zero attached hydrogens (tertiary/aromatic N) is 3. The van der Waals surface area contributed by atoms with Gasteiger partial charge in [-0.05, 0) is 40.5 Å². The lowest BCUT2D eigenvalue weighted by molar-refractivity contribution is -0.383. The van der Waals surface area contributed by atoms with Crippen LogP contribution in [0.5, 0.6) is 5.75 Å². The van der Waals surface area contributed by atoms with E-state index in [1.807, 2.05) is 0 Å². The van der Waals surface area contributed by atoms with Crippen LogP contribution >= 0.6 is 0 Å². The number of non-ortho nitro benzene ring substituents is 1. The Kier molecular flexibility index (Phi) is 5.05. The first-order valence-electron chi connectivity index (χ1n) is 7.65. The molecule has 0 bridgehead atoms. The van der Waals surface area contributed by atoms with Crippen molar-refractivity contribution in [3.8, 4) is 5.75 Å². The van der Waals surface area contributed by atoms with Gasteiger partial charge in [-0.15, -0.1) is 0 Å². The lowest BCUT2D eigenvalue weighted by Gasteiger charge is -2.08. The third-order valence-electron chi connectivity index (χ3n) is 3.60. The van der Waals surface area contributed by atoms with E-state index >= 15 is 0 Å². The molecule has 130 valence electrons. The van der Waals surface area contributed by atoms with Crippen molar-refractivity contribution in [3.63, 3.8) is 0 Å². The van der Waals surface area contributed by atoms with Crippen molar-refractivity contribution in [1.82, 2.24) is 10.3 Å². The van der Waals surface area contributed by atoms with Gasteiger partial charge in [-0.3, -0.25) is 10.1 Å². The van der Waals surface area contributed by atoms with Crippen molar-refractivity contribution in [1.29, 1.82) is 0 Å². The van der Waals surface area contributed by atoms with Crippen LogP contribution in [-0.4, -0.2) is 33.5 Å². The first-order valence-corrected chi connectivity index (χ1v) is 7.65. The van der Waals surface area contributed by atoms with Gasteiger partial charge in [0, 0.05) is 12.6 Å². The second kappa shape index (κ2) is 7.58. The quantitative estimate of drug-likeness (QED) is 0.363. The average Bonchev–Trinajstić information content (AvgIpc) is 3.11. The molecule has 2 aromatic carbocycles. The van der Waals surface area contributed by atoms with Crippen molar-refractivity contribution >= 4 is 22.4 Å². The maximum absolute atomic E-state index is 10.9. The number of nitro benzene ring substituents is 1. The molecule has 0 saturated carbocycles. The molecule has 3 aromatic rings. The average molecular weight is 344 g/mol. The van der Waals surface area contributed by atoms with E-state index in [9.17, 15) is 10.1 Å². The number of fused-ring (bicyclic) bond motifs is 1. The highest BCUT2D eigenvalue weighted by Gasteiger charge is 2.19. The van der Waals surface area contributed by atoms with Crippen molar-refractivity contribution in [2.45, 2.75) is 13.0 Å². The number of anilines is 1. The largest absolute Gasteiger partial charge is 0.494 e. The summed E-state index contributed by atoms with van der Waals surface area (Å²) >= 11 is 0. The highest BCUT2D eigenvalue weighted by atomic mass is 16.6. The zero-order valence-electron chi connectivity index (χ0n) is 13.2. The molecule has 0 aliphatic carbocycles. The fraction of sp³-hybridized carbons (Fsp3) is 0.250. The van der Waals surface area contributed by atoms with E-state index in [0.29, 0.717) is 30.8 Å². The summed E-state index contributed by atoms with van der Waals surface area (Å²) in [6, 6.07) is 10.2. The lowest BCUT2D eigenvalue weighted by Crippen LogP contribution is -2.08. The molecule has 0 aliphatic rings. The maximum atomic E-state index is 10.9. The number of hydrogen-bond donors (Lipinski definition) is 2. The topological polar surface area (TPSA) is 124 Å². The Morgan fingerprint density at radius 1 is 1.16 bits per heavy atom. The minimum Gasteiger partial charge on any atom is -0.494 e. The Balaban J connectivity index is 1.52. The monoisotopic (exact) mass is 344 g/mol. The molecule has 0 spiro atoms.